The molecule has 1 aromatic rings. The van der Waals surface area contributed by atoms with Crippen LogP contribution < -0.4 is 5.73 Å². The molecule has 2 N–H and O–H groups in total. The van der Waals surface area contributed by atoms with Gasteiger partial charge in [-0.1, -0.05) is 6.92 Å². The average Bonchev–Trinajstić information content (AvgIpc) is 2.77. The number of morpholine rings is 1. The van der Waals surface area contributed by atoms with Gasteiger partial charge in [-0.25, -0.2) is 0 Å². The molecule has 0 amide bonds. The fraction of sp³-hybridized carbons (Fsp3) is 0.667. The van der Waals surface area contributed by atoms with Crippen LogP contribution in [-0.4, -0.2) is 37.2 Å². The minimum atomic E-state index is 0.222. The van der Waals surface area contributed by atoms with Crippen molar-refractivity contribution in [2.45, 2.75) is 26.0 Å². The number of ether oxygens (including phenoxy) is 1. The summed E-state index contributed by atoms with van der Waals surface area (Å²) in [5.41, 5.74) is 5.64. The molecule has 0 spiro atoms. The van der Waals surface area contributed by atoms with Crippen LogP contribution in [0.15, 0.2) is 12.1 Å². The molecule has 90 valence electrons. The average molecular weight is 240 g/mol. The highest BCUT2D eigenvalue weighted by molar-refractivity contribution is 7.11. The second-order valence-electron chi connectivity index (χ2n) is 4.19. The van der Waals surface area contributed by atoms with E-state index >= 15 is 0 Å². The van der Waals surface area contributed by atoms with Crippen molar-refractivity contribution in [2.24, 2.45) is 5.73 Å². The van der Waals surface area contributed by atoms with Crippen LogP contribution in [0.4, 0.5) is 0 Å². The molecular formula is C12H20N2OS. The van der Waals surface area contributed by atoms with Gasteiger partial charge in [0.1, 0.15) is 0 Å². The molecular weight excluding hydrogens is 220 g/mol. The molecule has 0 bridgehead atoms. The maximum atomic E-state index is 5.64. The Labute approximate surface area is 101 Å². The Balaban J connectivity index is 1.88. The van der Waals surface area contributed by atoms with Crippen LogP contribution in [0.25, 0.3) is 0 Å². The first-order valence-corrected chi connectivity index (χ1v) is 6.75. The van der Waals surface area contributed by atoms with Gasteiger partial charge in [-0.2, -0.15) is 0 Å². The molecule has 3 nitrogen and oxygen atoms in total. The summed E-state index contributed by atoms with van der Waals surface area (Å²) in [4.78, 5) is 5.36. The molecule has 0 aliphatic carbocycles. The van der Waals surface area contributed by atoms with Gasteiger partial charge in [0, 0.05) is 35.9 Å². The highest BCUT2D eigenvalue weighted by Crippen LogP contribution is 2.19. The second-order valence-corrected chi connectivity index (χ2v) is 5.44. The largest absolute Gasteiger partial charge is 0.374 e. The molecule has 2 rings (SSSR count). The van der Waals surface area contributed by atoms with E-state index in [4.69, 9.17) is 10.5 Å². The lowest BCUT2D eigenvalue weighted by molar-refractivity contribution is -0.0257. The van der Waals surface area contributed by atoms with Crippen molar-refractivity contribution in [1.82, 2.24) is 4.90 Å². The van der Waals surface area contributed by atoms with E-state index in [9.17, 15) is 0 Å². The van der Waals surface area contributed by atoms with Gasteiger partial charge < -0.3 is 10.5 Å². The lowest BCUT2D eigenvalue weighted by atomic mass is 10.2. The lowest BCUT2D eigenvalue weighted by Crippen LogP contribution is -2.44. The third kappa shape index (κ3) is 3.04. The summed E-state index contributed by atoms with van der Waals surface area (Å²) in [5, 5.41) is 0. The summed E-state index contributed by atoms with van der Waals surface area (Å²) in [5.74, 6) is 0. The first-order chi connectivity index (χ1) is 7.81. The first kappa shape index (κ1) is 12.0. The number of hydrogen-bond acceptors (Lipinski definition) is 4. The molecule has 1 saturated heterocycles. The number of nitrogens with two attached hydrogens (primary N) is 1. The molecule has 1 atom stereocenters. The molecule has 16 heavy (non-hydrogen) atoms. The molecule has 2 heterocycles. The van der Waals surface area contributed by atoms with E-state index < -0.39 is 0 Å². The Bertz CT molecular complexity index is 327. The number of rotatable bonds is 4. The van der Waals surface area contributed by atoms with Gasteiger partial charge in [-0.15, -0.1) is 11.3 Å². The number of nitrogens with zero attached hydrogens (tertiary/aromatic N) is 1. The van der Waals surface area contributed by atoms with Crippen molar-refractivity contribution in [3.63, 3.8) is 0 Å². The SMILES string of the molecule is CCc1ccc(CN2CCOC(CN)C2)s1. The van der Waals surface area contributed by atoms with Crippen LogP contribution in [0.1, 0.15) is 16.7 Å². The normalized spacial score (nSPS) is 22.5. The maximum absolute atomic E-state index is 5.64. The van der Waals surface area contributed by atoms with E-state index in [0.717, 1.165) is 32.7 Å². The van der Waals surface area contributed by atoms with Crippen LogP contribution in [0.2, 0.25) is 0 Å². The predicted octanol–water partition coefficient (Wildman–Crippen LogP) is 1.47. The Kier molecular flexibility index (Phi) is 4.35. The lowest BCUT2D eigenvalue weighted by Gasteiger charge is -2.31. The third-order valence-corrected chi connectivity index (χ3v) is 4.15. The first-order valence-electron chi connectivity index (χ1n) is 5.93. The van der Waals surface area contributed by atoms with Gasteiger partial charge in [-0.05, 0) is 18.6 Å². The molecule has 1 aromatic heterocycles. The molecule has 1 aliphatic heterocycles. The fourth-order valence-corrected chi connectivity index (χ4v) is 2.98. The molecule has 1 aliphatic rings. The Morgan fingerprint density at radius 3 is 3.00 bits per heavy atom. The number of thiophene rings is 1. The second kappa shape index (κ2) is 5.77. The van der Waals surface area contributed by atoms with Gasteiger partial charge in [0.15, 0.2) is 0 Å². The zero-order valence-electron chi connectivity index (χ0n) is 9.82. The zero-order chi connectivity index (χ0) is 11.4. The quantitative estimate of drug-likeness (QED) is 0.866. The van der Waals surface area contributed by atoms with E-state index in [1.54, 1.807) is 0 Å². The molecule has 1 unspecified atom stereocenters. The van der Waals surface area contributed by atoms with Crippen LogP contribution in [0.5, 0.6) is 0 Å². The third-order valence-electron chi connectivity index (χ3n) is 2.93. The maximum Gasteiger partial charge on any atom is 0.0824 e. The molecule has 4 heteroatoms. The van der Waals surface area contributed by atoms with Gasteiger partial charge >= 0.3 is 0 Å². The standard InChI is InChI=1S/C12H20N2OS/c1-2-11-3-4-12(16-11)9-14-5-6-15-10(7-13)8-14/h3-4,10H,2,5-9,13H2,1H3. The van der Waals surface area contributed by atoms with E-state index in [0.29, 0.717) is 6.54 Å². The highest BCUT2D eigenvalue weighted by atomic mass is 32.1. The summed E-state index contributed by atoms with van der Waals surface area (Å²) in [6, 6.07) is 4.48. The van der Waals surface area contributed by atoms with Crippen LogP contribution in [0, 0.1) is 0 Å². The van der Waals surface area contributed by atoms with Crippen molar-refractivity contribution in [2.75, 3.05) is 26.2 Å². The summed E-state index contributed by atoms with van der Waals surface area (Å²) in [6.45, 7) is 6.68. The van der Waals surface area contributed by atoms with Gasteiger partial charge in [0.25, 0.3) is 0 Å². The number of aryl methyl sites for hydroxylation is 1. The Morgan fingerprint density at radius 2 is 2.31 bits per heavy atom. The summed E-state index contributed by atoms with van der Waals surface area (Å²) in [6.07, 6.45) is 1.36. The Hall–Kier alpha value is -0.420. The minimum absolute atomic E-state index is 0.222. The summed E-state index contributed by atoms with van der Waals surface area (Å²) < 4.78 is 5.56. The van der Waals surface area contributed by atoms with Crippen molar-refractivity contribution >= 4 is 11.3 Å². The highest BCUT2D eigenvalue weighted by Gasteiger charge is 2.19. The van der Waals surface area contributed by atoms with E-state index in [1.807, 2.05) is 11.3 Å². The van der Waals surface area contributed by atoms with Crippen LogP contribution in [0.3, 0.4) is 0 Å². The van der Waals surface area contributed by atoms with E-state index in [1.165, 1.54) is 9.75 Å². The van der Waals surface area contributed by atoms with Crippen molar-refractivity contribution in [3.8, 4) is 0 Å². The Morgan fingerprint density at radius 1 is 1.50 bits per heavy atom. The zero-order valence-corrected chi connectivity index (χ0v) is 10.6. The van der Waals surface area contributed by atoms with Gasteiger partial charge in [0.2, 0.25) is 0 Å². The van der Waals surface area contributed by atoms with E-state index in [-0.39, 0.29) is 6.10 Å². The fourth-order valence-electron chi connectivity index (χ4n) is 1.98. The summed E-state index contributed by atoms with van der Waals surface area (Å²) >= 11 is 1.92. The predicted molar refractivity (Wildman–Crippen MR) is 67.8 cm³/mol. The molecule has 0 saturated carbocycles. The molecule has 0 aromatic carbocycles. The van der Waals surface area contributed by atoms with Crippen molar-refractivity contribution in [1.29, 1.82) is 0 Å². The molecule has 1 fully saturated rings. The molecule has 0 radical (unpaired) electrons. The van der Waals surface area contributed by atoms with Crippen LogP contribution >= 0.6 is 11.3 Å². The van der Waals surface area contributed by atoms with Crippen LogP contribution in [-0.2, 0) is 17.7 Å². The monoisotopic (exact) mass is 240 g/mol. The van der Waals surface area contributed by atoms with Gasteiger partial charge in [0.05, 0.1) is 12.7 Å². The number of hydrogen-bond donors (Lipinski definition) is 1. The van der Waals surface area contributed by atoms with Crippen molar-refractivity contribution < 1.29 is 4.74 Å². The minimum Gasteiger partial charge on any atom is -0.374 e. The smallest absolute Gasteiger partial charge is 0.0824 e. The summed E-state index contributed by atoms with van der Waals surface area (Å²) in [7, 11) is 0. The topological polar surface area (TPSA) is 38.5 Å². The van der Waals surface area contributed by atoms with E-state index in [2.05, 4.69) is 24.0 Å². The van der Waals surface area contributed by atoms with Gasteiger partial charge in [-0.3, -0.25) is 4.90 Å². The van der Waals surface area contributed by atoms with Crippen molar-refractivity contribution in [3.05, 3.63) is 21.9 Å².